The molecular formula is C10H11N3O2. The Morgan fingerprint density at radius 3 is 2.67 bits per heavy atom. The fourth-order valence-electron chi connectivity index (χ4n) is 1.70. The third-order valence-electron chi connectivity index (χ3n) is 2.52. The highest BCUT2D eigenvalue weighted by molar-refractivity contribution is 5.88. The quantitative estimate of drug-likeness (QED) is 0.462. The molecule has 0 atom stereocenters. The van der Waals surface area contributed by atoms with Crippen molar-refractivity contribution in [3.63, 3.8) is 0 Å². The lowest BCUT2D eigenvalue weighted by Gasteiger charge is -2.13. The molecule has 1 aromatic rings. The van der Waals surface area contributed by atoms with Crippen molar-refractivity contribution in [2.45, 2.75) is 13.1 Å². The summed E-state index contributed by atoms with van der Waals surface area (Å²) in [5.74, 6) is -0.915. The highest BCUT2D eigenvalue weighted by Crippen LogP contribution is 2.23. The van der Waals surface area contributed by atoms with Gasteiger partial charge in [-0.1, -0.05) is 6.07 Å². The number of benzene rings is 1. The smallest absolute Gasteiger partial charge is 0.335 e. The Hall–Kier alpha value is -2.04. The average molecular weight is 205 g/mol. The lowest BCUT2D eigenvalue weighted by atomic mass is 10.1. The Morgan fingerprint density at radius 1 is 1.40 bits per heavy atom. The fraction of sp³-hybridized carbons (Fsp3) is 0.200. The molecule has 0 fully saturated rings. The second-order valence-electron chi connectivity index (χ2n) is 3.53. The van der Waals surface area contributed by atoms with Crippen LogP contribution >= 0.6 is 0 Å². The van der Waals surface area contributed by atoms with Gasteiger partial charge in [0, 0.05) is 13.1 Å². The van der Waals surface area contributed by atoms with Gasteiger partial charge >= 0.3 is 5.97 Å². The van der Waals surface area contributed by atoms with Crippen LogP contribution in [0, 0.1) is 5.41 Å². The number of guanidine groups is 1. The van der Waals surface area contributed by atoms with Gasteiger partial charge in [-0.3, -0.25) is 5.41 Å². The Kier molecular flexibility index (Phi) is 2.07. The summed E-state index contributed by atoms with van der Waals surface area (Å²) in [5, 5.41) is 16.1. The van der Waals surface area contributed by atoms with Crippen molar-refractivity contribution in [3.8, 4) is 0 Å². The van der Waals surface area contributed by atoms with Gasteiger partial charge in [-0.2, -0.15) is 0 Å². The first kappa shape index (κ1) is 9.51. The third kappa shape index (κ3) is 1.63. The second kappa shape index (κ2) is 3.27. The van der Waals surface area contributed by atoms with Crippen molar-refractivity contribution < 1.29 is 9.90 Å². The molecule has 0 aromatic heterocycles. The first-order chi connectivity index (χ1) is 7.08. The highest BCUT2D eigenvalue weighted by Gasteiger charge is 2.20. The van der Waals surface area contributed by atoms with Crippen LogP contribution in [-0.4, -0.2) is 21.9 Å². The topological polar surface area (TPSA) is 90.4 Å². The van der Waals surface area contributed by atoms with Crippen LogP contribution in [0.4, 0.5) is 0 Å². The minimum atomic E-state index is -0.931. The van der Waals surface area contributed by atoms with E-state index in [9.17, 15) is 4.79 Å². The van der Waals surface area contributed by atoms with Crippen molar-refractivity contribution >= 4 is 11.9 Å². The molecule has 0 bridgehead atoms. The summed E-state index contributed by atoms with van der Waals surface area (Å²) in [6, 6.07) is 4.99. The number of rotatable bonds is 1. The van der Waals surface area contributed by atoms with Gasteiger partial charge in [0.1, 0.15) is 0 Å². The van der Waals surface area contributed by atoms with Crippen molar-refractivity contribution in [1.82, 2.24) is 4.90 Å². The molecular weight excluding hydrogens is 194 g/mol. The monoisotopic (exact) mass is 205 g/mol. The maximum absolute atomic E-state index is 10.7. The van der Waals surface area contributed by atoms with Gasteiger partial charge < -0.3 is 15.7 Å². The number of nitrogens with zero attached hydrogens (tertiary/aromatic N) is 1. The summed E-state index contributed by atoms with van der Waals surface area (Å²) >= 11 is 0. The Balaban J connectivity index is 2.31. The molecule has 5 nitrogen and oxygen atoms in total. The Bertz CT molecular complexity index is 442. The molecule has 78 valence electrons. The van der Waals surface area contributed by atoms with Crippen LogP contribution in [0.15, 0.2) is 18.2 Å². The van der Waals surface area contributed by atoms with Crippen LogP contribution in [0.1, 0.15) is 21.5 Å². The lowest BCUT2D eigenvalue weighted by Crippen LogP contribution is -2.31. The van der Waals surface area contributed by atoms with E-state index in [4.69, 9.17) is 16.2 Å². The van der Waals surface area contributed by atoms with E-state index < -0.39 is 5.97 Å². The van der Waals surface area contributed by atoms with Gasteiger partial charge in [0.15, 0.2) is 5.96 Å². The second-order valence-corrected chi connectivity index (χ2v) is 3.53. The predicted molar refractivity (Wildman–Crippen MR) is 54.6 cm³/mol. The maximum atomic E-state index is 10.7. The summed E-state index contributed by atoms with van der Waals surface area (Å²) in [7, 11) is 0. The molecule has 0 radical (unpaired) electrons. The van der Waals surface area contributed by atoms with E-state index in [1.165, 1.54) is 0 Å². The third-order valence-corrected chi connectivity index (χ3v) is 2.52. The van der Waals surface area contributed by atoms with Crippen molar-refractivity contribution in [2.24, 2.45) is 5.73 Å². The summed E-state index contributed by atoms with van der Waals surface area (Å²) in [6.07, 6.45) is 0. The van der Waals surface area contributed by atoms with Crippen LogP contribution in [0.5, 0.6) is 0 Å². The van der Waals surface area contributed by atoms with E-state index in [0.717, 1.165) is 11.1 Å². The number of carboxylic acid groups (broad SMARTS) is 1. The Morgan fingerprint density at radius 2 is 2.07 bits per heavy atom. The summed E-state index contributed by atoms with van der Waals surface area (Å²) < 4.78 is 0. The van der Waals surface area contributed by atoms with Crippen molar-refractivity contribution in [1.29, 1.82) is 5.41 Å². The predicted octanol–water partition coefficient (Wildman–Crippen LogP) is 0.594. The van der Waals surface area contributed by atoms with Crippen LogP contribution in [-0.2, 0) is 13.1 Å². The molecule has 1 aliphatic rings. The molecule has 1 aliphatic heterocycles. The van der Waals surface area contributed by atoms with Crippen molar-refractivity contribution in [2.75, 3.05) is 0 Å². The van der Waals surface area contributed by atoms with Crippen molar-refractivity contribution in [3.05, 3.63) is 34.9 Å². The Labute approximate surface area is 86.6 Å². The number of nitrogens with two attached hydrogens (primary N) is 1. The molecule has 1 aromatic carbocycles. The molecule has 15 heavy (non-hydrogen) atoms. The lowest BCUT2D eigenvalue weighted by molar-refractivity contribution is 0.0697. The zero-order valence-electron chi connectivity index (χ0n) is 8.03. The van der Waals surface area contributed by atoms with Gasteiger partial charge in [-0.15, -0.1) is 0 Å². The van der Waals surface area contributed by atoms with Gasteiger partial charge in [0.05, 0.1) is 5.56 Å². The van der Waals surface area contributed by atoms with E-state index >= 15 is 0 Å². The van der Waals surface area contributed by atoms with E-state index in [1.807, 2.05) is 0 Å². The fourth-order valence-corrected chi connectivity index (χ4v) is 1.70. The number of hydrogen-bond donors (Lipinski definition) is 3. The maximum Gasteiger partial charge on any atom is 0.335 e. The molecule has 5 heteroatoms. The van der Waals surface area contributed by atoms with E-state index in [0.29, 0.717) is 13.1 Å². The minimum absolute atomic E-state index is 0.0167. The number of aromatic carboxylic acids is 1. The molecule has 4 N–H and O–H groups in total. The van der Waals surface area contributed by atoms with Gasteiger partial charge in [-0.05, 0) is 23.3 Å². The van der Waals surface area contributed by atoms with Gasteiger partial charge in [0.25, 0.3) is 0 Å². The molecule has 0 unspecified atom stereocenters. The molecule has 0 amide bonds. The van der Waals surface area contributed by atoms with Crippen LogP contribution < -0.4 is 5.73 Å². The standard InChI is InChI=1S/C10H11N3O2/c11-10(12)13-4-7-2-1-6(9(14)15)3-8(7)5-13/h1-3H,4-5H2,(H3,11,12)(H,14,15). The highest BCUT2D eigenvalue weighted by atomic mass is 16.4. The van der Waals surface area contributed by atoms with E-state index in [1.54, 1.807) is 23.1 Å². The zero-order valence-corrected chi connectivity index (χ0v) is 8.03. The first-order valence-corrected chi connectivity index (χ1v) is 4.52. The van der Waals surface area contributed by atoms with E-state index in [2.05, 4.69) is 0 Å². The number of carbonyl (C=O) groups is 1. The van der Waals surface area contributed by atoms with Gasteiger partial charge in [-0.25, -0.2) is 4.79 Å². The molecule has 0 saturated heterocycles. The SMILES string of the molecule is N=C(N)N1Cc2ccc(C(=O)O)cc2C1. The summed E-state index contributed by atoms with van der Waals surface area (Å²) in [4.78, 5) is 12.4. The number of hydrogen-bond acceptors (Lipinski definition) is 2. The zero-order chi connectivity index (χ0) is 11.0. The molecule has 0 saturated carbocycles. The molecule has 2 rings (SSSR count). The number of carboxylic acids is 1. The molecule has 1 heterocycles. The molecule has 0 spiro atoms. The van der Waals surface area contributed by atoms with E-state index in [-0.39, 0.29) is 11.5 Å². The van der Waals surface area contributed by atoms with Crippen LogP contribution in [0.25, 0.3) is 0 Å². The molecule has 0 aliphatic carbocycles. The normalized spacial score (nSPS) is 13.7. The largest absolute Gasteiger partial charge is 0.478 e. The minimum Gasteiger partial charge on any atom is -0.478 e. The van der Waals surface area contributed by atoms with Crippen LogP contribution in [0.2, 0.25) is 0 Å². The van der Waals surface area contributed by atoms with Gasteiger partial charge in [0.2, 0.25) is 0 Å². The summed E-state index contributed by atoms with van der Waals surface area (Å²) in [5.41, 5.74) is 7.62. The summed E-state index contributed by atoms with van der Waals surface area (Å²) in [6.45, 7) is 1.11. The van der Waals surface area contributed by atoms with Crippen LogP contribution in [0.3, 0.4) is 0 Å². The first-order valence-electron chi connectivity index (χ1n) is 4.52. The average Bonchev–Trinajstić information content (AvgIpc) is 2.59. The number of nitrogens with one attached hydrogen (secondary N) is 1. The number of fused-ring (bicyclic) bond motifs is 1.